The minimum Gasteiger partial charge on any atom is -0.506 e. The van der Waals surface area contributed by atoms with Gasteiger partial charge in [0.1, 0.15) is 23.0 Å². The second kappa shape index (κ2) is 28.0. The molecule has 2 aliphatic rings. The smallest absolute Gasteiger partial charge is 0.255 e. The number of nitrogens with zero attached hydrogens (tertiary/aromatic N) is 4. The number of likely N-dealkylation sites (N-methyl/N-ethyl adjacent to an activating group) is 2. The van der Waals surface area contributed by atoms with E-state index >= 15 is 0 Å². The van der Waals surface area contributed by atoms with Gasteiger partial charge in [-0.1, -0.05) is 24.3 Å². The zero-order chi connectivity index (χ0) is 55.6. The topological polar surface area (TPSA) is 327 Å². The number of hydrogen-bond donors (Lipinski definition) is 12. The largest absolute Gasteiger partial charge is 0.506 e. The molecule has 0 fully saturated rings. The third-order valence-corrected chi connectivity index (χ3v) is 13.0. The predicted molar refractivity (Wildman–Crippen MR) is 284 cm³/mol. The van der Waals surface area contributed by atoms with Crippen molar-refractivity contribution in [3.63, 3.8) is 0 Å². The van der Waals surface area contributed by atoms with Crippen molar-refractivity contribution in [3.05, 3.63) is 117 Å². The molecule has 0 aromatic heterocycles. The molecule has 12 N–H and O–H groups in total. The van der Waals surface area contributed by atoms with E-state index in [2.05, 4.69) is 42.5 Å². The van der Waals surface area contributed by atoms with Crippen molar-refractivity contribution in [1.29, 1.82) is 0 Å². The molecule has 1 unspecified atom stereocenters. The van der Waals surface area contributed by atoms with E-state index in [1.807, 2.05) is 19.6 Å². The molecule has 412 valence electrons. The van der Waals surface area contributed by atoms with Crippen LogP contribution in [0.5, 0.6) is 23.0 Å². The van der Waals surface area contributed by atoms with E-state index in [0.29, 0.717) is 26.2 Å². The Morgan fingerprint density at radius 3 is 0.844 bits per heavy atom. The Bertz CT molecular complexity index is 2720. The van der Waals surface area contributed by atoms with E-state index in [-0.39, 0.29) is 130 Å². The van der Waals surface area contributed by atoms with Crippen LogP contribution in [0.4, 0.5) is 0 Å². The van der Waals surface area contributed by atoms with Crippen LogP contribution >= 0.6 is 0 Å². The molecule has 6 rings (SSSR count). The van der Waals surface area contributed by atoms with Crippen molar-refractivity contribution in [3.8, 4) is 23.0 Å². The van der Waals surface area contributed by atoms with Crippen molar-refractivity contribution in [2.45, 2.75) is 13.0 Å². The molecule has 24 heteroatoms. The quantitative estimate of drug-likeness (QED) is 0.121. The van der Waals surface area contributed by atoms with Crippen LogP contribution in [0.3, 0.4) is 0 Å². The minimum absolute atomic E-state index is 0.0221. The Hall–Kier alpha value is -8.32. The van der Waals surface area contributed by atoms with Gasteiger partial charge in [-0.15, -0.1) is 0 Å². The molecule has 77 heavy (non-hydrogen) atoms. The molecular weight excluding hydrogens is 997 g/mol. The normalized spacial score (nSPS) is 19.1. The Kier molecular flexibility index (Phi) is 21.1. The van der Waals surface area contributed by atoms with Gasteiger partial charge in [0.2, 0.25) is 0 Å². The monoisotopic (exact) mass is 1060 g/mol. The number of phenolic OH excluding ortho intramolecular Hbond substituents is 4. The fraction of sp³-hybridized carbons (Fsp3) is 0.396. The van der Waals surface area contributed by atoms with Crippen LogP contribution < -0.4 is 42.5 Å². The highest BCUT2D eigenvalue weighted by Crippen LogP contribution is 2.26. The predicted octanol–water partition coefficient (Wildman–Crippen LogP) is -0.669. The Balaban J connectivity index is 1.22. The second-order valence-electron chi connectivity index (χ2n) is 18.7. The Labute approximate surface area is 445 Å². The summed E-state index contributed by atoms with van der Waals surface area (Å²) in [5.41, 5.74) is -0.972. The average molecular weight is 1070 g/mol. The van der Waals surface area contributed by atoms with Gasteiger partial charge in [-0.25, -0.2) is 0 Å². The van der Waals surface area contributed by atoms with Gasteiger partial charge in [0, 0.05) is 117 Å². The van der Waals surface area contributed by atoms with Gasteiger partial charge in [0.15, 0.2) is 0 Å². The maximum Gasteiger partial charge on any atom is 0.255 e. The molecule has 0 spiro atoms. The Morgan fingerprint density at radius 1 is 0.364 bits per heavy atom. The summed E-state index contributed by atoms with van der Waals surface area (Å²) in [6.07, 6.45) is 0. The number of carbonyl (C=O) groups excluding carboxylic acids is 8. The molecule has 2 aliphatic heterocycles. The first kappa shape index (κ1) is 57.9. The van der Waals surface area contributed by atoms with Crippen molar-refractivity contribution in [1.82, 2.24) is 62.1 Å². The van der Waals surface area contributed by atoms with Gasteiger partial charge >= 0.3 is 0 Å². The number of amides is 8. The fourth-order valence-corrected chi connectivity index (χ4v) is 8.67. The van der Waals surface area contributed by atoms with Crippen LogP contribution in [0, 0.1) is 0 Å². The maximum atomic E-state index is 13.6. The number of para-hydroxylation sites is 4. The lowest BCUT2D eigenvalue weighted by atomic mass is 10.1. The summed E-state index contributed by atoms with van der Waals surface area (Å²) < 4.78 is 0. The van der Waals surface area contributed by atoms with Crippen LogP contribution in [0.2, 0.25) is 0 Å². The van der Waals surface area contributed by atoms with Crippen molar-refractivity contribution in [2.75, 3.05) is 125 Å². The van der Waals surface area contributed by atoms with Gasteiger partial charge < -0.3 is 72.8 Å². The lowest BCUT2D eigenvalue weighted by molar-refractivity contribution is 0.0910. The number of benzene rings is 4. The molecule has 24 nitrogen and oxygen atoms in total. The van der Waals surface area contributed by atoms with Crippen molar-refractivity contribution < 1.29 is 58.8 Å². The first-order valence-corrected chi connectivity index (χ1v) is 25.3. The van der Waals surface area contributed by atoms with Gasteiger partial charge in [0.25, 0.3) is 47.3 Å². The highest BCUT2D eigenvalue weighted by atomic mass is 16.3. The van der Waals surface area contributed by atoms with E-state index in [9.17, 15) is 58.8 Å². The highest BCUT2D eigenvalue weighted by Gasteiger charge is 2.25. The molecule has 8 bridgehead atoms. The number of rotatable bonds is 3. The summed E-state index contributed by atoms with van der Waals surface area (Å²) in [6, 6.07) is 16.6. The lowest BCUT2D eigenvalue weighted by Gasteiger charge is -2.28. The van der Waals surface area contributed by atoms with Crippen molar-refractivity contribution >= 4 is 47.3 Å². The molecular formula is C53H68N12O12. The van der Waals surface area contributed by atoms with Crippen LogP contribution in [0.1, 0.15) is 89.8 Å². The first-order chi connectivity index (χ1) is 36.9. The van der Waals surface area contributed by atoms with Crippen LogP contribution in [0.25, 0.3) is 0 Å². The molecule has 1 atom stereocenters. The molecule has 8 amide bonds. The lowest BCUT2D eigenvalue weighted by Crippen LogP contribution is -2.46. The molecule has 0 radical (unpaired) electrons. The number of aromatic hydroxyl groups is 4. The van der Waals surface area contributed by atoms with Gasteiger partial charge in [-0.2, -0.15) is 0 Å². The van der Waals surface area contributed by atoms with E-state index in [4.69, 9.17) is 0 Å². The summed E-state index contributed by atoms with van der Waals surface area (Å²) in [6.45, 7) is 5.06. The average Bonchev–Trinajstić information content (AvgIpc) is 3.39. The molecule has 0 saturated heterocycles. The van der Waals surface area contributed by atoms with Gasteiger partial charge in [-0.05, 0) is 69.6 Å². The Morgan fingerprint density at radius 2 is 0.584 bits per heavy atom. The van der Waals surface area contributed by atoms with Gasteiger partial charge in [-0.3, -0.25) is 48.2 Å². The van der Waals surface area contributed by atoms with Crippen LogP contribution in [-0.4, -0.2) is 219 Å². The zero-order valence-electron chi connectivity index (χ0n) is 43.4. The van der Waals surface area contributed by atoms with Crippen molar-refractivity contribution in [2.24, 2.45) is 0 Å². The molecule has 0 saturated carbocycles. The van der Waals surface area contributed by atoms with E-state index < -0.39 is 76.3 Å². The summed E-state index contributed by atoms with van der Waals surface area (Å²) in [5, 5.41) is 66.6. The van der Waals surface area contributed by atoms with E-state index in [1.54, 1.807) is 21.0 Å². The summed E-state index contributed by atoms with van der Waals surface area (Å²) in [7, 11) is 3.56. The molecule has 0 aliphatic carbocycles. The second-order valence-corrected chi connectivity index (χ2v) is 18.7. The highest BCUT2D eigenvalue weighted by molar-refractivity contribution is 6.06. The first-order valence-electron chi connectivity index (χ1n) is 25.3. The number of phenols is 4. The molecule has 4 aromatic carbocycles. The van der Waals surface area contributed by atoms with E-state index in [1.165, 1.54) is 72.8 Å². The van der Waals surface area contributed by atoms with Gasteiger partial charge in [0.05, 0.1) is 44.5 Å². The zero-order valence-corrected chi connectivity index (χ0v) is 43.4. The third kappa shape index (κ3) is 16.1. The summed E-state index contributed by atoms with van der Waals surface area (Å²) >= 11 is 0. The van der Waals surface area contributed by atoms with E-state index in [0.717, 1.165) is 0 Å². The van der Waals surface area contributed by atoms with Crippen LogP contribution in [-0.2, 0) is 0 Å². The standard InChI is InChI=1S/C53H68N12O12/c1-33-32-63(3)25-18-56-48(72)36-10-6-13-39(44(36)68)51(75)59-21-28-65(29-22-60-52(76)40-14-7-15-41(45(40)69)53(77)61-33)31-30-64-26-19-57-49(73)37-11-4-8-34(42(37)66)46(70)54-16-23-62(2)24-17-55-47(71)35-9-5-12-38(43(35)67)50(74)58-20-27-64/h4-15,33,66-69H,16-32H2,1-3H3,(H,54,70)(H,55,71)(H,56,72)(H,57,73)(H,58,74)(H,59,75)(H,60,76)(H,61,77). The number of hydrogen-bond acceptors (Lipinski definition) is 16. The van der Waals surface area contributed by atoms with Crippen LogP contribution in [0.15, 0.2) is 72.8 Å². The summed E-state index contributed by atoms with van der Waals surface area (Å²) in [4.78, 5) is 114. The number of carbonyl (C=O) groups is 8. The number of nitrogens with one attached hydrogen (secondary N) is 8. The molecule has 2 heterocycles. The SMILES string of the molecule is CC1CN(C)CCNC(=O)c2cccc(c2O)C(=O)NCCN(CCN2CCNC(=O)c3cccc(c3O)C(=O)NCCN(C)CCNC(=O)c3cccc(c3O)C(=O)NCC2)CCNC(=O)c2cccc(c2O)C(=O)N1. The fourth-order valence-electron chi connectivity index (χ4n) is 8.67. The third-order valence-electron chi connectivity index (χ3n) is 13.0. The summed E-state index contributed by atoms with van der Waals surface area (Å²) in [5.74, 6) is -7.09. The molecule has 4 aromatic rings. The number of fused-ring (bicyclic) bond motifs is 8. The maximum absolute atomic E-state index is 13.6. The minimum atomic E-state index is -0.658.